The third kappa shape index (κ3) is 3.04. The molecule has 0 amide bonds. The highest BCUT2D eigenvalue weighted by Crippen LogP contribution is 2.57. The summed E-state index contributed by atoms with van der Waals surface area (Å²) in [7, 11) is 0. The second-order valence-electron chi connectivity index (χ2n) is 8.72. The highest BCUT2D eigenvalue weighted by atomic mass is 16.5. The number of rotatable bonds is 5. The number of piperidine rings is 1. The van der Waals surface area contributed by atoms with Crippen molar-refractivity contribution in [2.45, 2.75) is 101 Å². The smallest absolute Gasteiger partial charge is 0.0695 e. The van der Waals surface area contributed by atoms with Gasteiger partial charge < -0.3 is 15.2 Å². The Labute approximate surface area is 147 Å². The summed E-state index contributed by atoms with van der Waals surface area (Å²) in [6, 6.07) is 1.80. The number of hydrogen-bond donors (Lipinski definition) is 2. The minimum absolute atomic E-state index is 0.0833. The second-order valence-corrected chi connectivity index (χ2v) is 8.72. The van der Waals surface area contributed by atoms with Gasteiger partial charge in [0.25, 0.3) is 0 Å². The zero-order chi connectivity index (χ0) is 16.6. The molecule has 3 aliphatic carbocycles. The molecule has 1 spiro atoms. The molecule has 0 radical (unpaired) electrons. The molecule has 4 rings (SSSR count). The summed E-state index contributed by atoms with van der Waals surface area (Å²) in [6.07, 6.45) is 13.0. The van der Waals surface area contributed by atoms with Gasteiger partial charge >= 0.3 is 0 Å². The number of likely N-dealkylation sites (tertiary alicyclic amines) is 1. The van der Waals surface area contributed by atoms with Crippen LogP contribution in [-0.4, -0.2) is 60.0 Å². The van der Waals surface area contributed by atoms with E-state index >= 15 is 0 Å². The topological polar surface area (TPSA) is 44.7 Å². The number of ether oxygens (including phenoxy) is 1. The summed E-state index contributed by atoms with van der Waals surface area (Å²) in [5.74, 6) is 0. The Hall–Kier alpha value is -0.160. The Kier molecular flexibility index (Phi) is 5.19. The van der Waals surface area contributed by atoms with E-state index in [0.717, 1.165) is 26.1 Å². The van der Waals surface area contributed by atoms with Crippen LogP contribution >= 0.6 is 0 Å². The van der Waals surface area contributed by atoms with Crippen LogP contribution in [0.25, 0.3) is 0 Å². The van der Waals surface area contributed by atoms with Crippen LogP contribution in [0.15, 0.2) is 0 Å². The summed E-state index contributed by atoms with van der Waals surface area (Å²) < 4.78 is 5.99. The van der Waals surface area contributed by atoms with Crippen molar-refractivity contribution in [2.24, 2.45) is 5.41 Å². The molecule has 3 saturated carbocycles. The Morgan fingerprint density at radius 3 is 2.46 bits per heavy atom. The SMILES string of the molecule is CCOC1CC(NC2CCN(C3CCCCC3O)CC2)C12CCC2. The first kappa shape index (κ1) is 17.3. The van der Waals surface area contributed by atoms with Gasteiger partial charge in [-0.3, -0.25) is 4.90 Å². The first-order valence-electron chi connectivity index (χ1n) is 10.5. The Morgan fingerprint density at radius 2 is 1.83 bits per heavy atom. The van der Waals surface area contributed by atoms with Crippen LogP contribution in [0.4, 0.5) is 0 Å². The van der Waals surface area contributed by atoms with Crippen LogP contribution in [-0.2, 0) is 4.74 Å². The minimum Gasteiger partial charge on any atom is -0.391 e. The van der Waals surface area contributed by atoms with Gasteiger partial charge in [0.2, 0.25) is 0 Å². The van der Waals surface area contributed by atoms with E-state index in [4.69, 9.17) is 4.74 Å². The van der Waals surface area contributed by atoms with Crippen LogP contribution in [0.1, 0.15) is 71.1 Å². The fourth-order valence-electron chi connectivity index (χ4n) is 5.87. The highest BCUT2D eigenvalue weighted by molar-refractivity contribution is 5.12. The lowest BCUT2D eigenvalue weighted by molar-refractivity contribution is -0.175. The van der Waals surface area contributed by atoms with Crippen molar-refractivity contribution >= 4 is 0 Å². The van der Waals surface area contributed by atoms with E-state index in [9.17, 15) is 5.11 Å². The van der Waals surface area contributed by atoms with Gasteiger partial charge in [-0.2, -0.15) is 0 Å². The van der Waals surface area contributed by atoms with E-state index in [2.05, 4.69) is 17.1 Å². The molecule has 1 aliphatic heterocycles. The maximum Gasteiger partial charge on any atom is 0.0695 e. The number of nitrogens with zero attached hydrogens (tertiary/aromatic N) is 1. The van der Waals surface area contributed by atoms with E-state index < -0.39 is 0 Å². The fraction of sp³-hybridized carbons (Fsp3) is 1.00. The van der Waals surface area contributed by atoms with E-state index in [-0.39, 0.29) is 6.10 Å². The predicted molar refractivity (Wildman–Crippen MR) is 96.1 cm³/mol. The van der Waals surface area contributed by atoms with Crippen LogP contribution in [0.3, 0.4) is 0 Å². The second kappa shape index (κ2) is 7.22. The lowest BCUT2D eigenvalue weighted by atomic mass is 9.51. The Balaban J connectivity index is 1.25. The van der Waals surface area contributed by atoms with Crippen LogP contribution in [0, 0.1) is 5.41 Å². The van der Waals surface area contributed by atoms with Crippen LogP contribution in [0.5, 0.6) is 0 Å². The molecule has 4 unspecified atom stereocenters. The number of aliphatic hydroxyl groups is 1. The van der Waals surface area contributed by atoms with Gasteiger partial charge in [0.05, 0.1) is 12.2 Å². The van der Waals surface area contributed by atoms with Gasteiger partial charge in [-0.15, -0.1) is 0 Å². The van der Waals surface area contributed by atoms with Gasteiger partial charge in [0.15, 0.2) is 0 Å². The maximum atomic E-state index is 10.3. The molecule has 0 bridgehead atoms. The van der Waals surface area contributed by atoms with E-state index in [0.29, 0.717) is 29.6 Å². The van der Waals surface area contributed by atoms with Gasteiger partial charge in [0.1, 0.15) is 0 Å². The molecular formula is C20H36N2O2. The van der Waals surface area contributed by atoms with Crippen molar-refractivity contribution < 1.29 is 9.84 Å². The van der Waals surface area contributed by atoms with Crippen molar-refractivity contribution in [1.82, 2.24) is 10.2 Å². The average Bonchev–Trinajstić information content (AvgIpc) is 2.53. The summed E-state index contributed by atoms with van der Waals surface area (Å²) in [5.41, 5.74) is 0.479. The lowest BCUT2D eigenvalue weighted by Gasteiger charge is -2.62. The third-order valence-corrected chi connectivity index (χ3v) is 7.57. The molecule has 2 N–H and O–H groups in total. The summed E-state index contributed by atoms with van der Waals surface area (Å²) in [4.78, 5) is 2.57. The van der Waals surface area contributed by atoms with Gasteiger partial charge in [-0.05, 0) is 51.9 Å². The van der Waals surface area contributed by atoms with Gasteiger partial charge in [-0.25, -0.2) is 0 Å². The first-order chi connectivity index (χ1) is 11.7. The molecule has 138 valence electrons. The lowest BCUT2D eigenvalue weighted by Crippen LogP contribution is -2.68. The molecule has 4 aliphatic rings. The average molecular weight is 337 g/mol. The largest absolute Gasteiger partial charge is 0.391 e. The molecule has 0 aromatic carbocycles. The number of nitrogens with one attached hydrogen (secondary N) is 1. The van der Waals surface area contributed by atoms with Crippen molar-refractivity contribution in [1.29, 1.82) is 0 Å². The molecule has 1 heterocycles. The molecule has 1 saturated heterocycles. The van der Waals surface area contributed by atoms with Crippen molar-refractivity contribution in [2.75, 3.05) is 19.7 Å². The molecular weight excluding hydrogens is 300 g/mol. The minimum atomic E-state index is -0.0833. The zero-order valence-corrected chi connectivity index (χ0v) is 15.4. The van der Waals surface area contributed by atoms with Crippen molar-refractivity contribution in [3.8, 4) is 0 Å². The monoisotopic (exact) mass is 336 g/mol. The molecule has 24 heavy (non-hydrogen) atoms. The van der Waals surface area contributed by atoms with Crippen LogP contribution in [0.2, 0.25) is 0 Å². The fourth-order valence-corrected chi connectivity index (χ4v) is 5.87. The Morgan fingerprint density at radius 1 is 1.08 bits per heavy atom. The van der Waals surface area contributed by atoms with Gasteiger partial charge in [-0.1, -0.05) is 19.3 Å². The van der Waals surface area contributed by atoms with Crippen LogP contribution < -0.4 is 5.32 Å². The summed E-state index contributed by atoms with van der Waals surface area (Å²) in [6.45, 7) is 5.31. The Bertz CT molecular complexity index is 418. The summed E-state index contributed by atoms with van der Waals surface area (Å²) in [5, 5.41) is 14.3. The van der Waals surface area contributed by atoms with E-state index in [1.165, 1.54) is 57.8 Å². The third-order valence-electron chi connectivity index (χ3n) is 7.57. The van der Waals surface area contributed by atoms with E-state index in [1.54, 1.807) is 0 Å². The molecule has 0 aromatic heterocycles. The zero-order valence-electron chi connectivity index (χ0n) is 15.4. The molecule has 4 fully saturated rings. The molecule has 0 aromatic rings. The normalized spacial score (nSPS) is 40.2. The highest BCUT2D eigenvalue weighted by Gasteiger charge is 2.59. The number of hydrogen-bond acceptors (Lipinski definition) is 4. The predicted octanol–water partition coefficient (Wildman–Crippen LogP) is 2.69. The quantitative estimate of drug-likeness (QED) is 0.810. The first-order valence-corrected chi connectivity index (χ1v) is 10.5. The number of aliphatic hydroxyl groups excluding tert-OH is 1. The van der Waals surface area contributed by atoms with Crippen molar-refractivity contribution in [3.05, 3.63) is 0 Å². The maximum absolute atomic E-state index is 10.3. The summed E-state index contributed by atoms with van der Waals surface area (Å²) >= 11 is 0. The standard InChI is InChI=1S/C20H36N2O2/c1-2-24-19-14-18(20(19)10-5-11-20)21-15-8-12-22(13-9-15)16-6-3-4-7-17(16)23/h15-19,21,23H,2-14H2,1H3. The van der Waals surface area contributed by atoms with E-state index in [1.807, 2.05) is 0 Å². The molecule has 4 nitrogen and oxygen atoms in total. The molecule has 4 atom stereocenters. The van der Waals surface area contributed by atoms with Gasteiger partial charge in [0, 0.05) is 43.2 Å². The van der Waals surface area contributed by atoms with Crippen molar-refractivity contribution in [3.63, 3.8) is 0 Å². The molecule has 4 heteroatoms.